The highest BCUT2D eigenvalue weighted by molar-refractivity contribution is 5.88. The second-order valence-corrected chi connectivity index (χ2v) is 14.7. The lowest BCUT2D eigenvalue weighted by molar-refractivity contribution is -0.169. The molecule has 0 spiro atoms. The summed E-state index contributed by atoms with van der Waals surface area (Å²) in [6.45, 7) is 10.7. The summed E-state index contributed by atoms with van der Waals surface area (Å²) in [5.41, 5.74) is 7.47. The zero-order chi connectivity index (χ0) is 28.8. The summed E-state index contributed by atoms with van der Waals surface area (Å²) in [6, 6.07) is -0.664. The molecule has 0 radical (unpaired) electrons. The monoisotopic (exact) mass is 553 g/mol. The molecule has 7 heteroatoms. The van der Waals surface area contributed by atoms with Gasteiger partial charge in [-0.1, -0.05) is 27.7 Å². The number of H-pyrrole nitrogens is 1. The van der Waals surface area contributed by atoms with Crippen molar-refractivity contribution in [3.8, 4) is 0 Å². The van der Waals surface area contributed by atoms with E-state index in [1.165, 1.54) is 32.1 Å². The third-order valence-corrected chi connectivity index (χ3v) is 12.3. The zero-order valence-corrected chi connectivity index (χ0v) is 25.3. The minimum Gasteiger partial charge on any atom is -0.462 e. The van der Waals surface area contributed by atoms with E-state index in [2.05, 4.69) is 23.8 Å². The van der Waals surface area contributed by atoms with Crippen LogP contribution in [-0.4, -0.2) is 39.6 Å². The molecule has 4 aliphatic rings. The highest BCUT2D eigenvalue weighted by Crippen LogP contribution is 2.67. The lowest BCUT2D eigenvalue weighted by Gasteiger charge is -2.61. The van der Waals surface area contributed by atoms with Gasteiger partial charge in [-0.05, 0) is 105 Å². The third kappa shape index (κ3) is 5.32. The zero-order valence-electron chi connectivity index (χ0n) is 25.3. The maximum atomic E-state index is 13.4. The smallest absolute Gasteiger partial charge is 0.309 e. The number of esters is 1. The van der Waals surface area contributed by atoms with Crippen LogP contribution in [-0.2, 0) is 25.5 Å². The largest absolute Gasteiger partial charge is 0.462 e. The number of imidazole rings is 1. The van der Waals surface area contributed by atoms with E-state index in [0.717, 1.165) is 37.3 Å². The molecule has 0 aliphatic heterocycles. The van der Waals surface area contributed by atoms with Gasteiger partial charge >= 0.3 is 5.97 Å². The Balaban J connectivity index is 1.19. The van der Waals surface area contributed by atoms with Gasteiger partial charge < -0.3 is 15.5 Å². The summed E-state index contributed by atoms with van der Waals surface area (Å²) in [5.74, 6) is 2.51. The Bertz CT molecular complexity index is 1090. The topological polar surface area (TPSA) is 115 Å². The first kappa shape index (κ1) is 29.5. The van der Waals surface area contributed by atoms with Gasteiger partial charge in [0.2, 0.25) is 0 Å². The first-order valence-electron chi connectivity index (χ1n) is 15.9. The molecule has 1 heterocycles. The molecule has 0 unspecified atom stereocenters. The number of hydrogen-bond donors (Lipinski definition) is 2. The Morgan fingerprint density at radius 1 is 1.05 bits per heavy atom. The van der Waals surface area contributed by atoms with Crippen LogP contribution in [0.4, 0.5) is 0 Å². The lowest BCUT2D eigenvalue weighted by Crippen LogP contribution is -2.54. The van der Waals surface area contributed by atoms with Crippen molar-refractivity contribution in [2.24, 2.45) is 58.0 Å². The summed E-state index contributed by atoms with van der Waals surface area (Å²) in [5, 5.41) is 0. The van der Waals surface area contributed by atoms with E-state index in [4.69, 9.17) is 10.5 Å². The van der Waals surface area contributed by atoms with E-state index >= 15 is 0 Å². The SMILES string of the molecule is CC(=O)[C@H]1CC[C@H]2[C@@H]3CC[C@H]4C[C@H](OC(=O)[C@@H](CC(=O)[C@@H](N)Cc5cnc[nH]5)C(C)C)CC[C@]4(C)[C@H]3CC[C@]12C. The maximum absolute atomic E-state index is 13.4. The van der Waals surface area contributed by atoms with Gasteiger partial charge in [0.1, 0.15) is 11.9 Å². The lowest BCUT2D eigenvalue weighted by atomic mass is 9.44. The number of nitrogens with one attached hydrogen (secondary N) is 1. The normalized spacial score (nSPS) is 38.6. The van der Waals surface area contributed by atoms with Crippen molar-refractivity contribution in [2.75, 3.05) is 0 Å². The number of Topliss-reactive ketones (excluding diaryl/α,β-unsaturated/α-hetero) is 2. The van der Waals surface area contributed by atoms with Crippen LogP contribution in [0.5, 0.6) is 0 Å². The number of carbonyl (C=O) groups excluding carboxylic acids is 3. The molecule has 0 aromatic carbocycles. The van der Waals surface area contributed by atoms with Gasteiger partial charge in [-0.2, -0.15) is 0 Å². The average molecular weight is 554 g/mol. The van der Waals surface area contributed by atoms with Gasteiger partial charge in [0.15, 0.2) is 5.78 Å². The molecule has 4 fully saturated rings. The van der Waals surface area contributed by atoms with Crippen LogP contribution in [0.3, 0.4) is 0 Å². The number of rotatable bonds is 9. The summed E-state index contributed by atoms with van der Waals surface area (Å²) in [4.78, 5) is 45.7. The molecule has 0 bridgehead atoms. The van der Waals surface area contributed by atoms with Gasteiger partial charge in [0.05, 0.1) is 18.3 Å². The quantitative estimate of drug-likeness (QED) is 0.381. The number of nitrogens with zero attached hydrogens (tertiary/aromatic N) is 1. The van der Waals surface area contributed by atoms with Gasteiger partial charge in [0.25, 0.3) is 0 Å². The van der Waals surface area contributed by atoms with E-state index in [1.54, 1.807) is 19.4 Å². The molecular weight excluding hydrogens is 502 g/mol. The molecule has 1 aromatic rings. The van der Waals surface area contributed by atoms with E-state index < -0.39 is 12.0 Å². The highest BCUT2D eigenvalue weighted by Gasteiger charge is 2.61. The fourth-order valence-electron chi connectivity index (χ4n) is 9.95. The summed E-state index contributed by atoms with van der Waals surface area (Å²) in [7, 11) is 0. The fourth-order valence-corrected chi connectivity index (χ4v) is 9.95. The fraction of sp³-hybridized carbons (Fsp3) is 0.818. The van der Waals surface area contributed by atoms with Crippen LogP contribution in [0.1, 0.15) is 105 Å². The molecule has 10 atom stereocenters. The van der Waals surface area contributed by atoms with Crippen LogP contribution in [0, 0.1) is 52.3 Å². The van der Waals surface area contributed by atoms with Gasteiger partial charge in [-0.15, -0.1) is 0 Å². The maximum Gasteiger partial charge on any atom is 0.309 e. The highest BCUT2D eigenvalue weighted by atomic mass is 16.5. The van der Waals surface area contributed by atoms with Crippen LogP contribution in [0.25, 0.3) is 0 Å². The predicted molar refractivity (Wildman–Crippen MR) is 154 cm³/mol. The minimum atomic E-state index is -0.664. The molecule has 1 aromatic heterocycles. The van der Waals surface area contributed by atoms with Crippen LogP contribution < -0.4 is 5.73 Å². The average Bonchev–Trinajstić information content (AvgIpc) is 3.54. The minimum absolute atomic E-state index is 0.00175. The van der Waals surface area contributed by atoms with Crippen LogP contribution >= 0.6 is 0 Å². The third-order valence-electron chi connectivity index (χ3n) is 12.3. The Kier molecular flexibility index (Phi) is 8.35. The van der Waals surface area contributed by atoms with Crippen molar-refractivity contribution < 1.29 is 19.1 Å². The number of ether oxygens (including phenoxy) is 1. The Morgan fingerprint density at radius 3 is 2.45 bits per heavy atom. The summed E-state index contributed by atoms with van der Waals surface area (Å²) < 4.78 is 6.17. The van der Waals surface area contributed by atoms with Crippen LogP contribution in [0.15, 0.2) is 12.5 Å². The number of aromatic amines is 1. The Morgan fingerprint density at radius 2 is 1.77 bits per heavy atom. The summed E-state index contributed by atoms with van der Waals surface area (Å²) >= 11 is 0. The van der Waals surface area contributed by atoms with Crippen molar-refractivity contribution >= 4 is 17.5 Å². The number of nitrogens with two attached hydrogens (primary N) is 1. The molecule has 3 N–H and O–H groups in total. The molecule has 0 amide bonds. The molecule has 0 saturated heterocycles. The van der Waals surface area contributed by atoms with E-state index in [9.17, 15) is 14.4 Å². The molecule has 222 valence electrons. The first-order valence-corrected chi connectivity index (χ1v) is 15.9. The summed E-state index contributed by atoms with van der Waals surface area (Å²) in [6.07, 6.45) is 13.7. The number of fused-ring (bicyclic) bond motifs is 5. The molecule has 7 nitrogen and oxygen atoms in total. The number of ketones is 2. The molecule has 5 rings (SSSR count). The van der Waals surface area contributed by atoms with Gasteiger partial charge in [-0.25, -0.2) is 4.98 Å². The standard InChI is InChI=1S/C33H51N3O4/c1-19(2)25(16-30(38)29(34)15-22-17-35-18-36-22)31(39)40-23-10-12-32(4)21(14-23)6-7-24-27-9-8-26(20(3)37)33(27,5)13-11-28(24)32/h17-19,21,23-29H,6-16,34H2,1-5H3,(H,35,36)/t21-,23+,24-,25-,26+,27-,28-,29-,32-,33+/m0/s1. The molecule has 4 saturated carbocycles. The van der Waals surface area contributed by atoms with Gasteiger partial charge in [-0.3, -0.25) is 14.4 Å². The molecular formula is C33H51N3O4. The van der Waals surface area contributed by atoms with E-state index in [-0.39, 0.29) is 46.9 Å². The van der Waals surface area contributed by atoms with Crippen molar-refractivity contribution in [3.05, 3.63) is 18.2 Å². The van der Waals surface area contributed by atoms with Crippen molar-refractivity contribution in [1.29, 1.82) is 0 Å². The number of hydrogen-bond acceptors (Lipinski definition) is 6. The first-order chi connectivity index (χ1) is 18.9. The number of aromatic nitrogens is 2. The van der Waals surface area contributed by atoms with E-state index in [1.807, 2.05) is 13.8 Å². The van der Waals surface area contributed by atoms with E-state index in [0.29, 0.717) is 30.0 Å². The van der Waals surface area contributed by atoms with Gasteiger partial charge in [0, 0.05) is 30.7 Å². The van der Waals surface area contributed by atoms with Crippen molar-refractivity contribution in [3.63, 3.8) is 0 Å². The molecule has 4 aliphatic carbocycles. The molecule has 40 heavy (non-hydrogen) atoms. The predicted octanol–water partition coefficient (Wildman–Crippen LogP) is 5.67. The Labute approximate surface area is 240 Å². The number of carbonyl (C=O) groups is 3. The van der Waals surface area contributed by atoms with Crippen molar-refractivity contribution in [1.82, 2.24) is 9.97 Å². The second kappa shape index (κ2) is 11.3. The Hall–Kier alpha value is -2.02. The second-order valence-electron chi connectivity index (χ2n) is 14.7. The van der Waals surface area contributed by atoms with Crippen molar-refractivity contribution in [2.45, 2.75) is 117 Å². The van der Waals surface area contributed by atoms with Crippen LogP contribution in [0.2, 0.25) is 0 Å².